The van der Waals surface area contributed by atoms with Crippen LogP contribution in [0.2, 0.25) is 0 Å². The highest BCUT2D eigenvalue weighted by Gasteiger charge is 2.31. The summed E-state index contributed by atoms with van der Waals surface area (Å²) in [6, 6.07) is 0. The van der Waals surface area contributed by atoms with Crippen LogP contribution in [0, 0.1) is 5.92 Å². The Morgan fingerprint density at radius 3 is 2.84 bits per heavy atom. The number of piperidine rings is 1. The van der Waals surface area contributed by atoms with Gasteiger partial charge in [0.1, 0.15) is 0 Å². The molecule has 0 aromatic rings. The van der Waals surface area contributed by atoms with Crippen molar-refractivity contribution >= 4 is 10.2 Å². The summed E-state index contributed by atoms with van der Waals surface area (Å²) in [5.74, 6) is 0.418. The third kappa shape index (κ3) is 5.00. The third-order valence-electron chi connectivity index (χ3n) is 3.52. The molecule has 1 rings (SSSR count). The largest absolute Gasteiger partial charge is 0.385 e. The molecule has 1 saturated heterocycles. The summed E-state index contributed by atoms with van der Waals surface area (Å²) < 4.78 is 32.9. The normalized spacial score (nSPS) is 22.0. The molecule has 0 spiro atoms. The number of hydrogen-bond donors (Lipinski definition) is 1. The molecule has 114 valence electrons. The van der Waals surface area contributed by atoms with Gasteiger partial charge in [0.25, 0.3) is 10.2 Å². The summed E-state index contributed by atoms with van der Waals surface area (Å²) in [5.41, 5.74) is 0. The van der Waals surface area contributed by atoms with Crippen LogP contribution in [0.5, 0.6) is 0 Å². The van der Waals surface area contributed by atoms with Crippen LogP contribution in [0.15, 0.2) is 0 Å². The van der Waals surface area contributed by atoms with Crippen molar-refractivity contribution in [2.45, 2.75) is 19.3 Å². The Bertz CT molecular complexity index is 346. The minimum absolute atomic E-state index is 0.418. The lowest BCUT2D eigenvalue weighted by Gasteiger charge is -2.34. The van der Waals surface area contributed by atoms with Gasteiger partial charge in [-0.25, -0.2) is 0 Å². The zero-order chi connectivity index (χ0) is 14.3. The van der Waals surface area contributed by atoms with Crippen molar-refractivity contribution in [1.29, 1.82) is 0 Å². The van der Waals surface area contributed by atoms with E-state index in [2.05, 4.69) is 5.32 Å². The first kappa shape index (κ1) is 16.8. The zero-order valence-electron chi connectivity index (χ0n) is 12.3. The minimum atomic E-state index is -3.31. The molecule has 0 amide bonds. The van der Waals surface area contributed by atoms with Crippen molar-refractivity contribution in [3.05, 3.63) is 0 Å². The summed E-state index contributed by atoms with van der Waals surface area (Å²) in [7, 11) is 1.87. The average Bonchev–Trinajstić information content (AvgIpc) is 2.39. The van der Waals surface area contributed by atoms with Crippen molar-refractivity contribution in [1.82, 2.24) is 13.9 Å². The molecule has 0 aliphatic carbocycles. The van der Waals surface area contributed by atoms with Crippen molar-refractivity contribution in [3.8, 4) is 0 Å². The van der Waals surface area contributed by atoms with Gasteiger partial charge in [-0.05, 0) is 38.8 Å². The van der Waals surface area contributed by atoms with Crippen molar-refractivity contribution in [3.63, 3.8) is 0 Å². The predicted molar refractivity (Wildman–Crippen MR) is 76.3 cm³/mol. The average molecular weight is 293 g/mol. The van der Waals surface area contributed by atoms with Crippen molar-refractivity contribution in [2.24, 2.45) is 5.92 Å². The molecule has 6 nitrogen and oxygen atoms in total. The standard InChI is InChI=1S/C12H27N3O3S/c1-13-10-12-6-4-8-15(11-12)19(16,17)14(2)7-5-9-18-3/h12-13H,4-11H2,1-3H3. The molecule has 1 N–H and O–H groups in total. The summed E-state index contributed by atoms with van der Waals surface area (Å²) in [6.07, 6.45) is 2.76. The highest BCUT2D eigenvalue weighted by atomic mass is 32.2. The van der Waals surface area contributed by atoms with Crippen molar-refractivity contribution in [2.75, 3.05) is 54.0 Å². The van der Waals surface area contributed by atoms with Gasteiger partial charge in [-0.3, -0.25) is 0 Å². The van der Waals surface area contributed by atoms with Crippen LogP contribution >= 0.6 is 0 Å². The van der Waals surface area contributed by atoms with Crippen LogP contribution in [-0.2, 0) is 14.9 Å². The molecule has 7 heteroatoms. The fraction of sp³-hybridized carbons (Fsp3) is 1.00. The lowest BCUT2D eigenvalue weighted by molar-refractivity contribution is 0.187. The molecule has 1 unspecified atom stereocenters. The Hall–Kier alpha value is -0.210. The quantitative estimate of drug-likeness (QED) is 0.646. The Balaban J connectivity index is 2.55. The molecule has 0 aromatic heterocycles. The van der Waals surface area contributed by atoms with Gasteiger partial charge in [0.05, 0.1) is 0 Å². The summed E-state index contributed by atoms with van der Waals surface area (Å²) in [5, 5.41) is 3.13. The van der Waals surface area contributed by atoms with Gasteiger partial charge in [-0.15, -0.1) is 0 Å². The molecule has 0 aromatic carbocycles. The fourth-order valence-corrected chi connectivity index (χ4v) is 3.95. The molecule has 0 bridgehead atoms. The number of hydrogen-bond acceptors (Lipinski definition) is 4. The van der Waals surface area contributed by atoms with Gasteiger partial charge in [0, 0.05) is 40.4 Å². The SMILES string of the molecule is CNCC1CCCN(S(=O)(=O)N(C)CCCOC)C1. The van der Waals surface area contributed by atoms with Crippen LogP contribution in [0.3, 0.4) is 0 Å². The number of methoxy groups -OCH3 is 1. The smallest absolute Gasteiger partial charge is 0.281 e. The van der Waals surface area contributed by atoms with Gasteiger partial charge >= 0.3 is 0 Å². The molecular formula is C12H27N3O3S. The van der Waals surface area contributed by atoms with E-state index in [1.165, 1.54) is 4.31 Å². The fourth-order valence-electron chi connectivity index (χ4n) is 2.44. The Morgan fingerprint density at radius 2 is 2.21 bits per heavy atom. The maximum atomic E-state index is 12.4. The van der Waals surface area contributed by atoms with Crippen LogP contribution in [0.4, 0.5) is 0 Å². The monoisotopic (exact) mass is 293 g/mol. The van der Waals surface area contributed by atoms with Crippen molar-refractivity contribution < 1.29 is 13.2 Å². The van der Waals surface area contributed by atoms with E-state index in [0.717, 1.165) is 25.8 Å². The summed E-state index contributed by atoms with van der Waals surface area (Å²) in [6.45, 7) is 3.22. The number of rotatable bonds is 8. The number of nitrogens with one attached hydrogen (secondary N) is 1. The first-order valence-corrected chi connectivity index (χ1v) is 8.27. The van der Waals surface area contributed by atoms with E-state index in [-0.39, 0.29) is 0 Å². The maximum Gasteiger partial charge on any atom is 0.281 e. The first-order valence-electron chi connectivity index (χ1n) is 6.87. The van der Waals surface area contributed by atoms with E-state index in [4.69, 9.17) is 4.74 Å². The molecule has 19 heavy (non-hydrogen) atoms. The van der Waals surface area contributed by atoms with Crippen LogP contribution < -0.4 is 5.32 Å². The maximum absolute atomic E-state index is 12.4. The predicted octanol–water partition coefficient (Wildman–Crippen LogP) is 0.131. The summed E-state index contributed by atoms with van der Waals surface area (Å²) in [4.78, 5) is 0. The second-order valence-corrected chi connectivity index (χ2v) is 7.14. The number of ether oxygens (including phenoxy) is 1. The molecule has 1 heterocycles. The first-order chi connectivity index (χ1) is 9.02. The molecule has 0 radical (unpaired) electrons. The zero-order valence-corrected chi connectivity index (χ0v) is 13.1. The molecule has 1 atom stereocenters. The molecule has 1 aliphatic rings. The minimum Gasteiger partial charge on any atom is -0.385 e. The van der Waals surface area contributed by atoms with E-state index >= 15 is 0 Å². The lowest BCUT2D eigenvalue weighted by Crippen LogP contribution is -2.48. The Labute approximate surface area is 117 Å². The number of nitrogens with zero attached hydrogens (tertiary/aromatic N) is 2. The van der Waals surface area contributed by atoms with Gasteiger partial charge in [-0.1, -0.05) is 0 Å². The highest BCUT2D eigenvalue weighted by Crippen LogP contribution is 2.20. The lowest BCUT2D eigenvalue weighted by atomic mass is 10.00. The van der Waals surface area contributed by atoms with Gasteiger partial charge < -0.3 is 10.1 Å². The Kier molecular flexibility index (Phi) is 7.23. The molecule has 1 aliphatic heterocycles. The van der Waals surface area contributed by atoms with E-state index in [1.54, 1.807) is 18.5 Å². The topological polar surface area (TPSA) is 61.9 Å². The van der Waals surface area contributed by atoms with Crippen LogP contribution in [-0.4, -0.2) is 71.0 Å². The van der Waals surface area contributed by atoms with Gasteiger partial charge in [0.2, 0.25) is 0 Å². The van der Waals surface area contributed by atoms with Crippen LogP contribution in [0.25, 0.3) is 0 Å². The molecule has 0 saturated carbocycles. The molecule has 1 fully saturated rings. The van der Waals surface area contributed by atoms with E-state index in [1.807, 2.05) is 7.05 Å². The van der Waals surface area contributed by atoms with E-state index < -0.39 is 10.2 Å². The third-order valence-corrected chi connectivity index (χ3v) is 5.47. The van der Waals surface area contributed by atoms with Gasteiger partial charge in [-0.2, -0.15) is 17.0 Å². The highest BCUT2D eigenvalue weighted by molar-refractivity contribution is 7.86. The van der Waals surface area contributed by atoms with Gasteiger partial charge in [0.15, 0.2) is 0 Å². The summed E-state index contributed by atoms with van der Waals surface area (Å²) >= 11 is 0. The second-order valence-electron chi connectivity index (χ2n) is 5.10. The Morgan fingerprint density at radius 1 is 1.47 bits per heavy atom. The second kappa shape index (κ2) is 8.16. The van der Waals surface area contributed by atoms with Crippen LogP contribution in [0.1, 0.15) is 19.3 Å². The molecular weight excluding hydrogens is 266 g/mol. The van der Waals surface area contributed by atoms with E-state index in [9.17, 15) is 8.42 Å². The van der Waals surface area contributed by atoms with E-state index in [0.29, 0.717) is 32.2 Å².